The van der Waals surface area contributed by atoms with E-state index in [1.165, 1.54) is 0 Å². The van der Waals surface area contributed by atoms with Gasteiger partial charge >= 0.3 is 5.97 Å². The summed E-state index contributed by atoms with van der Waals surface area (Å²) in [6.45, 7) is 11.2. The highest BCUT2D eigenvalue weighted by atomic mass is 16.5. The number of esters is 1. The van der Waals surface area contributed by atoms with E-state index in [9.17, 15) is 4.79 Å². The van der Waals surface area contributed by atoms with E-state index in [0.717, 1.165) is 13.1 Å². The molecule has 1 heterocycles. The van der Waals surface area contributed by atoms with E-state index in [0.29, 0.717) is 30.9 Å². The molecule has 0 spiro atoms. The Hall–Kier alpha value is -0.570. The molecule has 0 radical (unpaired) electrons. The molecule has 1 saturated heterocycles. The largest absolute Gasteiger partial charge is 0.465 e. The van der Waals surface area contributed by atoms with Gasteiger partial charge in [0.1, 0.15) is 0 Å². The van der Waals surface area contributed by atoms with Crippen molar-refractivity contribution in [2.45, 2.75) is 40.2 Å². The van der Waals surface area contributed by atoms with Gasteiger partial charge < -0.3 is 9.64 Å². The van der Waals surface area contributed by atoms with Crippen LogP contribution in [-0.4, -0.2) is 36.6 Å². The smallest absolute Gasteiger partial charge is 0.306 e. The van der Waals surface area contributed by atoms with Crippen molar-refractivity contribution in [3.05, 3.63) is 0 Å². The molecular formula is C12H23NO2. The van der Waals surface area contributed by atoms with Gasteiger partial charge in [-0.05, 0) is 19.8 Å². The first kappa shape index (κ1) is 12.5. The number of carbonyl (C=O) groups is 1. The van der Waals surface area contributed by atoms with E-state index in [2.05, 4.69) is 18.7 Å². The summed E-state index contributed by atoms with van der Waals surface area (Å²) >= 11 is 0. The minimum absolute atomic E-state index is 0.0482. The molecule has 0 aliphatic carbocycles. The van der Waals surface area contributed by atoms with Crippen LogP contribution in [0.2, 0.25) is 0 Å². The van der Waals surface area contributed by atoms with E-state index in [1.807, 2.05) is 13.8 Å². The molecule has 3 heteroatoms. The van der Waals surface area contributed by atoms with Gasteiger partial charge in [-0.3, -0.25) is 4.79 Å². The van der Waals surface area contributed by atoms with Crippen molar-refractivity contribution in [2.75, 3.05) is 19.7 Å². The molecule has 0 unspecified atom stereocenters. The summed E-state index contributed by atoms with van der Waals surface area (Å²) in [4.78, 5) is 13.7. The lowest BCUT2D eigenvalue weighted by molar-refractivity contribution is -0.148. The second-order valence-electron chi connectivity index (χ2n) is 5.19. The molecule has 0 aromatic carbocycles. The van der Waals surface area contributed by atoms with Crippen molar-refractivity contribution < 1.29 is 9.53 Å². The second-order valence-corrected chi connectivity index (χ2v) is 5.19. The van der Waals surface area contributed by atoms with Gasteiger partial charge in [-0.1, -0.05) is 13.8 Å². The van der Waals surface area contributed by atoms with Crippen LogP contribution in [-0.2, 0) is 9.53 Å². The molecule has 1 rings (SSSR count). The predicted octanol–water partition coefficient (Wildman–Crippen LogP) is 1.92. The van der Waals surface area contributed by atoms with Crippen LogP contribution in [0.3, 0.4) is 0 Å². The highest BCUT2D eigenvalue weighted by Gasteiger charge is 2.29. The van der Waals surface area contributed by atoms with Crippen molar-refractivity contribution in [1.29, 1.82) is 0 Å². The summed E-state index contributed by atoms with van der Waals surface area (Å²) in [5.74, 6) is 0.905. The molecule has 0 aromatic heterocycles. The van der Waals surface area contributed by atoms with Gasteiger partial charge in [0.25, 0.3) is 0 Å². The van der Waals surface area contributed by atoms with Crippen LogP contribution in [0.15, 0.2) is 0 Å². The number of rotatable bonds is 5. The third-order valence-electron chi connectivity index (χ3n) is 2.77. The quantitative estimate of drug-likeness (QED) is 0.653. The fraction of sp³-hybridized carbons (Fsp3) is 0.917. The molecule has 3 nitrogen and oxygen atoms in total. The van der Waals surface area contributed by atoms with Crippen LogP contribution >= 0.6 is 0 Å². The first-order valence-corrected chi connectivity index (χ1v) is 5.88. The molecule has 88 valence electrons. The number of hydrogen-bond donors (Lipinski definition) is 0. The zero-order chi connectivity index (χ0) is 11.4. The monoisotopic (exact) mass is 213 g/mol. The zero-order valence-corrected chi connectivity index (χ0v) is 10.3. The fourth-order valence-electron chi connectivity index (χ4n) is 1.74. The molecule has 0 saturated carbocycles. The van der Waals surface area contributed by atoms with Crippen LogP contribution in [0.1, 0.15) is 34.1 Å². The van der Waals surface area contributed by atoms with E-state index in [4.69, 9.17) is 4.74 Å². The van der Waals surface area contributed by atoms with Gasteiger partial charge in [0, 0.05) is 31.5 Å². The average Bonchev–Trinajstić information content (AvgIpc) is 1.98. The first-order valence-electron chi connectivity index (χ1n) is 5.88. The standard InChI is InChI=1S/C12H23NO2/c1-9(2)5-12(14)15-8-11-6-13(7-11)10(3)4/h9-11H,5-8H2,1-4H3. The molecule has 1 fully saturated rings. The number of likely N-dealkylation sites (tertiary alicyclic amines) is 1. The third-order valence-corrected chi connectivity index (χ3v) is 2.77. The molecular weight excluding hydrogens is 190 g/mol. The summed E-state index contributed by atoms with van der Waals surface area (Å²) in [6.07, 6.45) is 0.542. The molecule has 0 amide bonds. The number of ether oxygens (including phenoxy) is 1. The normalized spacial score (nSPS) is 18.3. The van der Waals surface area contributed by atoms with Gasteiger partial charge in [0.05, 0.1) is 6.61 Å². The van der Waals surface area contributed by atoms with Crippen molar-refractivity contribution in [3.8, 4) is 0 Å². The summed E-state index contributed by atoms with van der Waals surface area (Å²) in [6, 6.07) is 0.618. The number of hydrogen-bond acceptors (Lipinski definition) is 3. The van der Waals surface area contributed by atoms with E-state index >= 15 is 0 Å². The van der Waals surface area contributed by atoms with Crippen molar-refractivity contribution in [1.82, 2.24) is 4.90 Å². The maximum Gasteiger partial charge on any atom is 0.306 e. The summed E-state index contributed by atoms with van der Waals surface area (Å²) in [5, 5.41) is 0. The van der Waals surface area contributed by atoms with Crippen LogP contribution in [0.5, 0.6) is 0 Å². The van der Waals surface area contributed by atoms with Gasteiger partial charge in [-0.2, -0.15) is 0 Å². The van der Waals surface area contributed by atoms with Crippen LogP contribution in [0, 0.1) is 11.8 Å². The van der Waals surface area contributed by atoms with Gasteiger partial charge in [0.2, 0.25) is 0 Å². The Labute approximate surface area is 92.8 Å². The van der Waals surface area contributed by atoms with E-state index in [-0.39, 0.29) is 5.97 Å². The average molecular weight is 213 g/mol. The minimum Gasteiger partial charge on any atom is -0.465 e. The lowest BCUT2D eigenvalue weighted by Crippen LogP contribution is -2.51. The van der Waals surface area contributed by atoms with Gasteiger partial charge in [-0.15, -0.1) is 0 Å². The fourth-order valence-corrected chi connectivity index (χ4v) is 1.74. The first-order chi connectivity index (χ1) is 6.99. The predicted molar refractivity (Wildman–Crippen MR) is 60.6 cm³/mol. The molecule has 0 N–H and O–H groups in total. The molecule has 0 aromatic rings. The number of nitrogens with zero attached hydrogens (tertiary/aromatic N) is 1. The Kier molecular flexibility index (Phi) is 4.58. The molecule has 0 atom stereocenters. The SMILES string of the molecule is CC(C)CC(=O)OCC1CN(C(C)C)C1. The highest BCUT2D eigenvalue weighted by molar-refractivity contribution is 5.69. The third kappa shape index (κ3) is 4.20. The lowest BCUT2D eigenvalue weighted by atomic mass is 9.99. The second kappa shape index (κ2) is 5.50. The Balaban J connectivity index is 2.05. The van der Waals surface area contributed by atoms with Gasteiger partial charge in [-0.25, -0.2) is 0 Å². The zero-order valence-electron chi connectivity index (χ0n) is 10.3. The molecule has 1 aliphatic heterocycles. The maximum atomic E-state index is 11.3. The van der Waals surface area contributed by atoms with Crippen LogP contribution in [0.4, 0.5) is 0 Å². The Bertz CT molecular complexity index is 208. The number of carbonyl (C=O) groups excluding carboxylic acids is 1. The summed E-state index contributed by atoms with van der Waals surface area (Å²) in [5.41, 5.74) is 0. The molecule has 1 aliphatic rings. The van der Waals surface area contributed by atoms with Crippen molar-refractivity contribution in [2.24, 2.45) is 11.8 Å². The maximum absolute atomic E-state index is 11.3. The van der Waals surface area contributed by atoms with Crippen LogP contribution in [0.25, 0.3) is 0 Å². The van der Waals surface area contributed by atoms with E-state index < -0.39 is 0 Å². The topological polar surface area (TPSA) is 29.5 Å². The van der Waals surface area contributed by atoms with Crippen LogP contribution < -0.4 is 0 Å². The van der Waals surface area contributed by atoms with Gasteiger partial charge in [0.15, 0.2) is 0 Å². The van der Waals surface area contributed by atoms with Crippen molar-refractivity contribution in [3.63, 3.8) is 0 Å². The Morgan fingerprint density at radius 1 is 1.33 bits per heavy atom. The lowest BCUT2D eigenvalue weighted by Gasteiger charge is -2.41. The molecule has 0 bridgehead atoms. The summed E-state index contributed by atoms with van der Waals surface area (Å²) < 4.78 is 5.22. The van der Waals surface area contributed by atoms with E-state index in [1.54, 1.807) is 0 Å². The van der Waals surface area contributed by atoms with Crippen molar-refractivity contribution >= 4 is 5.97 Å². The Morgan fingerprint density at radius 2 is 1.93 bits per heavy atom. The minimum atomic E-state index is -0.0482. The molecule has 15 heavy (non-hydrogen) atoms. The Morgan fingerprint density at radius 3 is 2.40 bits per heavy atom. The summed E-state index contributed by atoms with van der Waals surface area (Å²) in [7, 11) is 0. The highest BCUT2D eigenvalue weighted by Crippen LogP contribution is 2.18.